The third-order valence-corrected chi connectivity index (χ3v) is 4.20. The van der Waals surface area contributed by atoms with E-state index in [9.17, 15) is 14.4 Å². The third-order valence-electron chi connectivity index (χ3n) is 4.20. The molecule has 0 bridgehead atoms. The molecule has 0 aliphatic heterocycles. The normalized spacial score (nSPS) is 10.3. The smallest absolute Gasteiger partial charge is 0.306 e. The van der Waals surface area contributed by atoms with Gasteiger partial charge in [0.05, 0.1) is 18.7 Å². The Morgan fingerprint density at radius 2 is 1.66 bits per heavy atom. The second-order valence-corrected chi connectivity index (χ2v) is 6.51. The lowest BCUT2D eigenvalue weighted by Crippen LogP contribution is -2.21. The highest BCUT2D eigenvalue weighted by atomic mass is 16.5. The molecule has 0 aliphatic carbocycles. The Morgan fingerprint density at radius 3 is 2.34 bits per heavy atom. The number of carbonyl (C=O) groups excluding carboxylic acids is 3. The third kappa shape index (κ3) is 7.41. The standard InChI is InChI=1S/C23H27NO5/c1-3-7-17-10-12-18(13-11-17)20(25)14-15-23(27)29-16-22(26)24-19-8-5-6-9-21(19)28-4-2/h5-6,8-13H,3-4,7,14-16H2,1-2H3,(H,24,26). The zero-order chi connectivity index (χ0) is 21.1. The van der Waals surface area contributed by atoms with E-state index in [4.69, 9.17) is 9.47 Å². The number of para-hydroxylation sites is 2. The molecular formula is C23H27NO5. The number of aryl methyl sites for hydroxylation is 1. The van der Waals surface area contributed by atoms with Crippen molar-refractivity contribution in [2.24, 2.45) is 0 Å². The molecule has 2 aromatic carbocycles. The van der Waals surface area contributed by atoms with Gasteiger partial charge in [-0.15, -0.1) is 0 Å². The Labute approximate surface area is 171 Å². The lowest BCUT2D eigenvalue weighted by atomic mass is 10.0. The first-order valence-electron chi connectivity index (χ1n) is 9.83. The molecule has 2 rings (SSSR count). The number of rotatable bonds is 11. The first-order valence-corrected chi connectivity index (χ1v) is 9.83. The molecule has 0 aliphatic rings. The molecule has 6 nitrogen and oxygen atoms in total. The Balaban J connectivity index is 1.75. The van der Waals surface area contributed by atoms with Crippen LogP contribution in [0.3, 0.4) is 0 Å². The van der Waals surface area contributed by atoms with Gasteiger partial charge in [0.25, 0.3) is 5.91 Å². The van der Waals surface area contributed by atoms with E-state index in [2.05, 4.69) is 12.2 Å². The number of benzene rings is 2. The fourth-order valence-corrected chi connectivity index (χ4v) is 2.76. The van der Waals surface area contributed by atoms with Gasteiger partial charge in [-0.1, -0.05) is 49.7 Å². The fourth-order valence-electron chi connectivity index (χ4n) is 2.76. The van der Waals surface area contributed by atoms with E-state index in [1.165, 1.54) is 5.56 Å². The average molecular weight is 397 g/mol. The van der Waals surface area contributed by atoms with Gasteiger partial charge in [-0.2, -0.15) is 0 Å². The molecular weight excluding hydrogens is 370 g/mol. The maximum atomic E-state index is 12.2. The molecule has 0 saturated carbocycles. The summed E-state index contributed by atoms with van der Waals surface area (Å²) in [4.78, 5) is 36.1. The molecule has 0 fully saturated rings. The molecule has 2 aromatic rings. The summed E-state index contributed by atoms with van der Waals surface area (Å²) in [6, 6.07) is 14.4. The van der Waals surface area contributed by atoms with Gasteiger partial charge in [0, 0.05) is 12.0 Å². The van der Waals surface area contributed by atoms with Crippen LogP contribution in [-0.4, -0.2) is 30.9 Å². The Morgan fingerprint density at radius 1 is 0.931 bits per heavy atom. The van der Waals surface area contributed by atoms with Gasteiger partial charge in [-0.3, -0.25) is 14.4 Å². The van der Waals surface area contributed by atoms with Gasteiger partial charge < -0.3 is 14.8 Å². The quantitative estimate of drug-likeness (QED) is 0.454. The number of amides is 1. The first-order chi connectivity index (χ1) is 14.0. The van der Waals surface area contributed by atoms with Crippen LogP contribution in [0.25, 0.3) is 0 Å². The summed E-state index contributed by atoms with van der Waals surface area (Å²) in [5.74, 6) is -0.636. The Kier molecular flexibility index (Phi) is 8.89. The minimum atomic E-state index is -0.589. The van der Waals surface area contributed by atoms with Gasteiger partial charge in [0.1, 0.15) is 5.75 Å². The van der Waals surface area contributed by atoms with Crippen molar-refractivity contribution in [3.05, 3.63) is 59.7 Å². The van der Waals surface area contributed by atoms with Crippen molar-refractivity contribution in [3.63, 3.8) is 0 Å². The maximum absolute atomic E-state index is 12.2. The molecule has 0 aromatic heterocycles. The molecule has 0 spiro atoms. The molecule has 0 atom stereocenters. The van der Waals surface area contributed by atoms with E-state index in [0.29, 0.717) is 23.6 Å². The molecule has 154 valence electrons. The number of ketones is 1. The van der Waals surface area contributed by atoms with Crippen LogP contribution in [0, 0.1) is 0 Å². The fraction of sp³-hybridized carbons (Fsp3) is 0.348. The van der Waals surface area contributed by atoms with Crippen LogP contribution in [0.4, 0.5) is 5.69 Å². The number of esters is 1. The Hall–Kier alpha value is -3.15. The summed E-state index contributed by atoms with van der Waals surface area (Å²) in [5.41, 5.74) is 2.26. The summed E-state index contributed by atoms with van der Waals surface area (Å²) >= 11 is 0. The lowest BCUT2D eigenvalue weighted by Gasteiger charge is -2.11. The second-order valence-electron chi connectivity index (χ2n) is 6.51. The molecule has 0 saturated heterocycles. The van der Waals surface area contributed by atoms with Crippen molar-refractivity contribution in [1.82, 2.24) is 0 Å². The molecule has 1 amide bonds. The highest BCUT2D eigenvalue weighted by Gasteiger charge is 2.13. The van der Waals surface area contributed by atoms with E-state index in [1.54, 1.807) is 36.4 Å². The summed E-state index contributed by atoms with van der Waals surface area (Å²) in [6.45, 7) is 4.00. The highest BCUT2D eigenvalue weighted by Crippen LogP contribution is 2.23. The molecule has 0 heterocycles. The highest BCUT2D eigenvalue weighted by molar-refractivity contribution is 5.98. The lowest BCUT2D eigenvalue weighted by molar-refractivity contribution is -0.147. The number of hydrogen-bond acceptors (Lipinski definition) is 5. The van der Waals surface area contributed by atoms with E-state index >= 15 is 0 Å². The van der Waals surface area contributed by atoms with Gasteiger partial charge in [0.2, 0.25) is 0 Å². The zero-order valence-electron chi connectivity index (χ0n) is 16.9. The molecule has 6 heteroatoms. The van der Waals surface area contributed by atoms with Crippen LogP contribution in [-0.2, 0) is 20.7 Å². The molecule has 0 unspecified atom stereocenters. The summed E-state index contributed by atoms with van der Waals surface area (Å²) in [6.07, 6.45) is 1.99. The van der Waals surface area contributed by atoms with Crippen molar-refractivity contribution >= 4 is 23.3 Å². The minimum absolute atomic E-state index is 0.0424. The van der Waals surface area contributed by atoms with Crippen molar-refractivity contribution in [1.29, 1.82) is 0 Å². The summed E-state index contributed by atoms with van der Waals surface area (Å²) < 4.78 is 10.4. The van der Waals surface area contributed by atoms with Gasteiger partial charge in [-0.05, 0) is 31.0 Å². The van der Waals surface area contributed by atoms with E-state index in [-0.39, 0.29) is 18.6 Å². The number of nitrogens with one attached hydrogen (secondary N) is 1. The second kappa shape index (κ2) is 11.6. The molecule has 1 N–H and O–H groups in total. The van der Waals surface area contributed by atoms with Crippen LogP contribution in [0.1, 0.15) is 49.0 Å². The largest absolute Gasteiger partial charge is 0.492 e. The van der Waals surface area contributed by atoms with E-state index in [1.807, 2.05) is 19.1 Å². The van der Waals surface area contributed by atoms with E-state index in [0.717, 1.165) is 12.8 Å². The van der Waals surface area contributed by atoms with Crippen LogP contribution < -0.4 is 10.1 Å². The van der Waals surface area contributed by atoms with Gasteiger partial charge in [-0.25, -0.2) is 0 Å². The van der Waals surface area contributed by atoms with Crippen molar-refractivity contribution in [3.8, 4) is 5.75 Å². The number of Topliss-reactive ketones (excluding diaryl/α,β-unsaturated/α-hetero) is 1. The maximum Gasteiger partial charge on any atom is 0.306 e. The SMILES string of the molecule is CCCc1ccc(C(=O)CCC(=O)OCC(=O)Nc2ccccc2OCC)cc1. The van der Waals surface area contributed by atoms with Gasteiger partial charge in [0.15, 0.2) is 12.4 Å². The molecule has 0 radical (unpaired) electrons. The predicted molar refractivity (Wildman–Crippen MR) is 111 cm³/mol. The van der Waals surface area contributed by atoms with Crippen LogP contribution in [0.2, 0.25) is 0 Å². The minimum Gasteiger partial charge on any atom is -0.492 e. The van der Waals surface area contributed by atoms with Crippen LogP contribution in [0.15, 0.2) is 48.5 Å². The number of carbonyl (C=O) groups is 3. The predicted octanol–water partition coefficient (Wildman–Crippen LogP) is 4.18. The summed E-state index contributed by atoms with van der Waals surface area (Å²) in [7, 11) is 0. The number of hydrogen-bond donors (Lipinski definition) is 1. The van der Waals surface area contributed by atoms with E-state index < -0.39 is 18.5 Å². The summed E-state index contributed by atoms with van der Waals surface area (Å²) in [5, 5.41) is 2.65. The topological polar surface area (TPSA) is 81.7 Å². The number of anilines is 1. The van der Waals surface area contributed by atoms with Crippen molar-refractivity contribution in [2.45, 2.75) is 39.5 Å². The van der Waals surface area contributed by atoms with Crippen molar-refractivity contribution in [2.75, 3.05) is 18.5 Å². The monoisotopic (exact) mass is 397 g/mol. The zero-order valence-corrected chi connectivity index (χ0v) is 16.9. The van der Waals surface area contributed by atoms with Crippen LogP contribution >= 0.6 is 0 Å². The first kappa shape index (κ1) is 22.1. The van der Waals surface area contributed by atoms with Crippen LogP contribution in [0.5, 0.6) is 5.75 Å². The Bertz CT molecular complexity index is 829. The molecule has 29 heavy (non-hydrogen) atoms. The number of ether oxygens (including phenoxy) is 2. The van der Waals surface area contributed by atoms with Crippen molar-refractivity contribution < 1.29 is 23.9 Å². The average Bonchev–Trinajstić information content (AvgIpc) is 2.73. The van der Waals surface area contributed by atoms with Gasteiger partial charge >= 0.3 is 5.97 Å².